The van der Waals surface area contributed by atoms with Crippen LogP contribution in [0.15, 0.2) is 0 Å². The van der Waals surface area contributed by atoms with Crippen LogP contribution in [-0.2, 0) is 22.9 Å². The first-order chi connectivity index (χ1) is 9.57. The number of nitrogens with two attached hydrogens (primary N) is 1. The molecule has 118 valence electrons. The van der Waals surface area contributed by atoms with E-state index in [4.69, 9.17) is 15.2 Å². The molecule has 1 unspecified atom stereocenters. The van der Waals surface area contributed by atoms with Gasteiger partial charge < -0.3 is 15.2 Å². The number of ether oxygens (including phenoxy) is 2. The van der Waals surface area contributed by atoms with Gasteiger partial charge in [-0.25, -0.2) is 4.79 Å². The molecule has 1 saturated heterocycles. The zero-order valence-electron chi connectivity index (χ0n) is 13.7. The summed E-state index contributed by atoms with van der Waals surface area (Å²) in [6.07, 6.45) is 1.03. The topological polar surface area (TPSA) is 79.4 Å². The van der Waals surface area contributed by atoms with Crippen molar-refractivity contribution in [3.05, 3.63) is 11.4 Å². The average Bonchev–Trinajstić information content (AvgIpc) is 2.71. The molecule has 6 heteroatoms. The van der Waals surface area contributed by atoms with Crippen LogP contribution in [0.25, 0.3) is 0 Å². The maximum atomic E-state index is 12.5. The van der Waals surface area contributed by atoms with Crippen LogP contribution < -0.4 is 5.73 Å². The van der Waals surface area contributed by atoms with Crippen molar-refractivity contribution >= 4 is 11.7 Å². The van der Waals surface area contributed by atoms with E-state index in [1.54, 1.807) is 7.05 Å². The van der Waals surface area contributed by atoms with Crippen molar-refractivity contribution in [3.8, 4) is 0 Å². The van der Waals surface area contributed by atoms with Crippen molar-refractivity contribution in [2.24, 2.45) is 7.05 Å². The van der Waals surface area contributed by atoms with Gasteiger partial charge in [0.15, 0.2) is 5.69 Å². The molecule has 2 rings (SSSR count). The fourth-order valence-corrected chi connectivity index (χ4v) is 2.98. The highest BCUT2D eigenvalue weighted by atomic mass is 16.6. The summed E-state index contributed by atoms with van der Waals surface area (Å²) in [6.45, 7) is 9.81. The Bertz CT molecular complexity index is 561. The van der Waals surface area contributed by atoms with Gasteiger partial charge >= 0.3 is 5.97 Å². The molecule has 2 heterocycles. The first kappa shape index (κ1) is 15.8. The lowest BCUT2D eigenvalue weighted by molar-refractivity contribution is -0.0926. The Morgan fingerprint density at radius 3 is 2.52 bits per heavy atom. The van der Waals surface area contributed by atoms with Gasteiger partial charge in [-0.05, 0) is 34.1 Å². The van der Waals surface area contributed by atoms with Crippen molar-refractivity contribution in [2.75, 3.05) is 5.73 Å². The molecule has 1 atom stereocenters. The second kappa shape index (κ2) is 5.02. The minimum absolute atomic E-state index is 0.305. The largest absolute Gasteiger partial charge is 0.454 e. The van der Waals surface area contributed by atoms with E-state index < -0.39 is 11.6 Å². The van der Waals surface area contributed by atoms with Gasteiger partial charge in [0.1, 0.15) is 11.7 Å². The quantitative estimate of drug-likeness (QED) is 0.864. The lowest BCUT2D eigenvalue weighted by atomic mass is 9.97. The van der Waals surface area contributed by atoms with E-state index in [0.29, 0.717) is 29.9 Å². The Kier molecular flexibility index (Phi) is 3.78. The molecule has 0 saturated carbocycles. The molecule has 21 heavy (non-hydrogen) atoms. The zero-order chi connectivity index (χ0) is 16.0. The van der Waals surface area contributed by atoms with E-state index in [1.165, 1.54) is 4.68 Å². The molecule has 0 bridgehead atoms. The van der Waals surface area contributed by atoms with Gasteiger partial charge in [0.2, 0.25) is 0 Å². The highest BCUT2D eigenvalue weighted by molar-refractivity contribution is 5.94. The summed E-state index contributed by atoms with van der Waals surface area (Å²) in [6, 6.07) is 0. The highest BCUT2D eigenvalue weighted by Crippen LogP contribution is 2.39. The molecular weight excluding hydrogens is 270 g/mol. The van der Waals surface area contributed by atoms with Crippen molar-refractivity contribution in [3.63, 3.8) is 0 Å². The maximum Gasteiger partial charge on any atom is 0.359 e. The third-order valence-electron chi connectivity index (χ3n) is 3.93. The minimum atomic E-state index is -0.514. The molecule has 0 aliphatic carbocycles. The van der Waals surface area contributed by atoms with Gasteiger partial charge in [0.25, 0.3) is 0 Å². The summed E-state index contributed by atoms with van der Waals surface area (Å²) in [4.78, 5) is 12.5. The lowest BCUT2D eigenvalue weighted by Crippen LogP contribution is -2.36. The van der Waals surface area contributed by atoms with E-state index in [-0.39, 0.29) is 11.7 Å². The van der Waals surface area contributed by atoms with Crippen LogP contribution in [0.5, 0.6) is 0 Å². The number of aryl methyl sites for hydroxylation is 2. The van der Waals surface area contributed by atoms with Crippen LogP contribution in [-0.4, -0.2) is 33.1 Å². The van der Waals surface area contributed by atoms with Crippen LogP contribution in [0.2, 0.25) is 0 Å². The van der Waals surface area contributed by atoms with Crippen molar-refractivity contribution in [1.29, 1.82) is 0 Å². The summed E-state index contributed by atoms with van der Waals surface area (Å²) in [5.41, 5.74) is 6.61. The summed E-state index contributed by atoms with van der Waals surface area (Å²) in [5, 5.41) is 4.25. The van der Waals surface area contributed by atoms with E-state index in [2.05, 4.69) is 5.10 Å². The van der Waals surface area contributed by atoms with Crippen LogP contribution >= 0.6 is 0 Å². The molecule has 1 aliphatic heterocycles. The SMILES string of the molecule is CCc1nn(C)c(C(=O)OC2CC(C)(C)OC2(C)C)c1N. The molecule has 0 spiro atoms. The highest BCUT2D eigenvalue weighted by Gasteiger charge is 2.48. The Labute approximate surface area is 125 Å². The smallest absolute Gasteiger partial charge is 0.359 e. The molecular formula is C15H25N3O3. The number of anilines is 1. The number of esters is 1. The Hall–Kier alpha value is -1.56. The van der Waals surface area contributed by atoms with Crippen LogP contribution in [0.1, 0.15) is 57.2 Å². The van der Waals surface area contributed by atoms with Crippen LogP contribution in [0.3, 0.4) is 0 Å². The summed E-state index contributed by atoms with van der Waals surface area (Å²) in [7, 11) is 1.70. The molecule has 1 aromatic rings. The van der Waals surface area contributed by atoms with E-state index in [1.807, 2.05) is 34.6 Å². The summed E-state index contributed by atoms with van der Waals surface area (Å²) >= 11 is 0. The van der Waals surface area contributed by atoms with Crippen molar-refractivity contribution in [2.45, 2.75) is 64.8 Å². The molecule has 2 N–H and O–H groups in total. The number of hydrogen-bond donors (Lipinski definition) is 1. The van der Waals surface area contributed by atoms with Gasteiger partial charge in [-0.2, -0.15) is 5.10 Å². The van der Waals surface area contributed by atoms with Gasteiger partial charge in [-0.1, -0.05) is 6.92 Å². The molecule has 1 fully saturated rings. The Morgan fingerprint density at radius 2 is 2.10 bits per heavy atom. The first-order valence-corrected chi connectivity index (χ1v) is 7.30. The van der Waals surface area contributed by atoms with Crippen LogP contribution in [0.4, 0.5) is 5.69 Å². The summed E-state index contributed by atoms with van der Waals surface area (Å²) < 4.78 is 13.1. The standard InChI is InChI=1S/C15H25N3O3/c1-7-9-11(16)12(18(6)17-9)13(19)20-10-8-14(2,3)21-15(10,4)5/h10H,7-8,16H2,1-6H3. The van der Waals surface area contributed by atoms with E-state index >= 15 is 0 Å². The minimum Gasteiger partial charge on any atom is -0.454 e. The second-order valence-corrected chi connectivity index (χ2v) is 6.75. The predicted molar refractivity (Wildman–Crippen MR) is 80.1 cm³/mol. The molecule has 1 aromatic heterocycles. The predicted octanol–water partition coefficient (Wildman–Crippen LogP) is 2.07. The fraction of sp³-hybridized carbons (Fsp3) is 0.733. The van der Waals surface area contributed by atoms with Crippen LogP contribution in [0, 0.1) is 0 Å². The normalized spacial score (nSPS) is 23.2. The Morgan fingerprint density at radius 1 is 1.48 bits per heavy atom. The Balaban J connectivity index is 2.21. The lowest BCUT2D eigenvalue weighted by Gasteiger charge is -2.26. The maximum absolute atomic E-state index is 12.5. The third-order valence-corrected chi connectivity index (χ3v) is 3.93. The third kappa shape index (κ3) is 2.90. The number of carbonyl (C=O) groups is 1. The zero-order valence-corrected chi connectivity index (χ0v) is 13.7. The number of nitrogens with zero attached hydrogens (tertiary/aromatic N) is 2. The number of nitrogen functional groups attached to an aromatic ring is 1. The van der Waals surface area contributed by atoms with Crippen molar-refractivity contribution < 1.29 is 14.3 Å². The van der Waals surface area contributed by atoms with Gasteiger partial charge in [-0.15, -0.1) is 0 Å². The van der Waals surface area contributed by atoms with Gasteiger partial charge in [-0.3, -0.25) is 4.68 Å². The molecule has 0 radical (unpaired) electrons. The molecule has 0 aromatic carbocycles. The fourth-order valence-electron chi connectivity index (χ4n) is 2.98. The monoisotopic (exact) mass is 295 g/mol. The average molecular weight is 295 g/mol. The van der Waals surface area contributed by atoms with Gasteiger partial charge in [0, 0.05) is 13.5 Å². The second-order valence-electron chi connectivity index (χ2n) is 6.75. The molecule has 6 nitrogen and oxygen atoms in total. The summed E-state index contributed by atoms with van der Waals surface area (Å²) in [5.74, 6) is -0.443. The number of aromatic nitrogens is 2. The van der Waals surface area contributed by atoms with E-state index in [9.17, 15) is 4.79 Å². The first-order valence-electron chi connectivity index (χ1n) is 7.30. The number of rotatable bonds is 3. The number of hydrogen-bond acceptors (Lipinski definition) is 5. The molecule has 1 aliphatic rings. The number of carbonyl (C=O) groups excluding carboxylic acids is 1. The van der Waals surface area contributed by atoms with E-state index in [0.717, 1.165) is 0 Å². The van der Waals surface area contributed by atoms with Gasteiger partial charge in [0.05, 0.1) is 17.0 Å². The molecule has 0 amide bonds. The van der Waals surface area contributed by atoms with Crippen molar-refractivity contribution in [1.82, 2.24) is 9.78 Å².